The van der Waals surface area contributed by atoms with E-state index in [4.69, 9.17) is 9.47 Å². The normalized spacial score (nSPS) is 24.8. The highest BCUT2D eigenvalue weighted by Crippen LogP contribution is 2.39. The van der Waals surface area contributed by atoms with Crippen molar-refractivity contribution in [2.45, 2.75) is 26.4 Å². The molecule has 1 aromatic rings. The largest absolute Gasteiger partial charge is 0.494 e. The van der Waals surface area contributed by atoms with E-state index in [9.17, 15) is 0 Å². The van der Waals surface area contributed by atoms with E-state index in [-0.39, 0.29) is 5.60 Å². The molecule has 1 unspecified atom stereocenters. The second-order valence-electron chi connectivity index (χ2n) is 3.93. The van der Waals surface area contributed by atoms with Gasteiger partial charge in [0.05, 0.1) is 13.2 Å². The molecular formula is C12H16O2. The van der Waals surface area contributed by atoms with Crippen LogP contribution in [-0.2, 0) is 10.3 Å². The Balaban J connectivity index is 2.26. The summed E-state index contributed by atoms with van der Waals surface area (Å²) < 4.78 is 10.9. The first-order valence-corrected chi connectivity index (χ1v) is 5.03. The van der Waals surface area contributed by atoms with E-state index in [1.54, 1.807) is 0 Å². The molecule has 1 aliphatic heterocycles. The zero-order valence-corrected chi connectivity index (χ0v) is 8.96. The SMILES string of the molecule is CCOc1ccc(C2(C)CO2)cc1C. The molecule has 0 aromatic heterocycles. The lowest BCUT2D eigenvalue weighted by molar-refractivity contribution is 0.326. The quantitative estimate of drug-likeness (QED) is 0.687. The van der Waals surface area contributed by atoms with Crippen LogP contribution in [0.2, 0.25) is 0 Å². The number of benzene rings is 1. The van der Waals surface area contributed by atoms with Crippen molar-refractivity contribution >= 4 is 0 Å². The number of ether oxygens (including phenoxy) is 2. The second kappa shape index (κ2) is 3.28. The van der Waals surface area contributed by atoms with Crippen LogP contribution in [-0.4, -0.2) is 13.2 Å². The van der Waals surface area contributed by atoms with Gasteiger partial charge in [-0.2, -0.15) is 0 Å². The highest BCUT2D eigenvalue weighted by atomic mass is 16.6. The Hall–Kier alpha value is -1.02. The van der Waals surface area contributed by atoms with Crippen molar-refractivity contribution in [2.75, 3.05) is 13.2 Å². The van der Waals surface area contributed by atoms with Crippen LogP contribution in [0.3, 0.4) is 0 Å². The summed E-state index contributed by atoms with van der Waals surface area (Å²) >= 11 is 0. The smallest absolute Gasteiger partial charge is 0.122 e. The first kappa shape index (κ1) is 9.53. The third-order valence-electron chi connectivity index (χ3n) is 2.66. The third kappa shape index (κ3) is 1.62. The molecule has 0 radical (unpaired) electrons. The van der Waals surface area contributed by atoms with E-state index in [0.717, 1.165) is 12.4 Å². The standard InChI is InChI=1S/C12H16O2/c1-4-13-11-6-5-10(7-9(11)2)12(3)8-14-12/h5-7H,4,8H2,1-3H3. The average Bonchev–Trinajstić information content (AvgIpc) is 2.89. The summed E-state index contributed by atoms with van der Waals surface area (Å²) in [7, 11) is 0. The molecular weight excluding hydrogens is 176 g/mol. The molecule has 1 fully saturated rings. The molecule has 1 heterocycles. The minimum absolute atomic E-state index is 0.0322. The molecule has 2 rings (SSSR count). The van der Waals surface area contributed by atoms with Crippen LogP contribution in [0.5, 0.6) is 5.75 Å². The molecule has 76 valence electrons. The molecule has 2 nitrogen and oxygen atoms in total. The van der Waals surface area contributed by atoms with E-state index in [1.807, 2.05) is 13.0 Å². The van der Waals surface area contributed by atoms with Crippen LogP contribution in [0.4, 0.5) is 0 Å². The lowest BCUT2D eigenvalue weighted by Crippen LogP contribution is -2.03. The van der Waals surface area contributed by atoms with E-state index in [2.05, 4.69) is 26.0 Å². The van der Waals surface area contributed by atoms with Gasteiger partial charge in [-0.25, -0.2) is 0 Å². The van der Waals surface area contributed by atoms with Gasteiger partial charge in [-0.05, 0) is 44.0 Å². The Morgan fingerprint density at radius 1 is 1.50 bits per heavy atom. The van der Waals surface area contributed by atoms with Crippen LogP contribution in [0.15, 0.2) is 18.2 Å². The maximum Gasteiger partial charge on any atom is 0.122 e. The van der Waals surface area contributed by atoms with Crippen LogP contribution in [0.1, 0.15) is 25.0 Å². The lowest BCUT2D eigenvalue weighted by atomic mass is 10.00. The fourth-order valence-corrected chi connectivity index (χ4v) is 1.57. The Morgan fingerprint density at radius 2 is 2.21 bits per heavy atom. The molecule has 1 aromatic carbocycles. The minimum atomic E-state index is -0.0322. The molecule has 1 aliphatic rings. The van der Waals surface area contributed by atoms with E-state index in [0.29, 0.717) is 6.61 Å². The van der Waals surface area contributed by atoms with Crippen molar-refractivity contribution in [3.8, 4) is 5.75 Å². The van der Waals surface area contributed by atoms with Crippen LogP contribution in [0, 0.1) is 6.92 Å². The van der Waals surface area contributed by atoms with Gasteiger partial charge >= 0.3 is 0 Å². The maximum absolute atomic E-state index is 5.48. The van der Waals surface area contributed by atoms with Crippen molar-refractivity contribution in [2.24, 2.45) is 0 Å². The second-order valence-corrected chi connectivity index (χ2v) is 3.93. The molecule has 2 heteroatoms. The van der Waals surface area contributed by atoms with Gasteiger partial charge in [-0.3, -0.25) is 0 Å². The molecule has 0 saturated carbocycles. The Kier molecular flexibility index (Phi) is 2.23. The van der Waals surface area contributed by atoms with Crippen molar-refractivity contribution in [3.05, 3.63) is 29.3 Å². The van der Waals surface area contributed by atoms with Crippen molar-refractivity contribution in [1.29, 1.82) is 0 Å². The van der Waals surface area contributed by atoms with Gasteiger partial charge in [0.15, 0.2) is 0 Å². The first-order valence-electron chi connectivity index (χ1n) is 5.03. The van der Waals surface area contributed by atoms with Gasteiger partial charge in [0.2, 0.25) is 0 Å². The molecule has 0 amide bonds. The molecule has 0 aliphatic carbocycles. The summed E-state index contributed by atoms with van der Waals surface area (Å²) in [5.41, 5.74) is 2.40. The Bertz CT molecular complexity index is 340. The number of aryl methyl sites for hydroxylation is 1. The molecule has 1 atom stereocenters. The third-order valence-corrected chi connectivity index (χ3v) is 2.66. The average molecular weight is 192 g/mol. The van der Waals surface area contributed by atoms with Crippen LogP contribution < -0.4 is 4.74 Å². The monoisotopic (exact) mass is 192 g/mol. The lowest BCUT2D eigenvalue weighted by Gasteiger charge is -2.10. The number of epoxide rings is 1. The van der Waals surface area contributed by atoms with Gasteiger partial charge in [0.25, 0.3) is 0 Å². The number of hydrogen-bond acceptors (Lipinski definition) is 2. The van der Waals surface area contributed by atoms with Gasteiger partial charge < -0.3 is 9.47 Å². The van der Waals surface area contributed by atoms with E-state index in [1.165, 1.54) is 11.1 Å². The first-order chi connectivity index (χ1) is 6.65. The molecule has 0 spiro atoms. The zero-order chi connectivity index (χ0) is 10.2. The van der Waals surface area contributed by atoms with E-state index >= 15 is 0 Å². The fourth-order valence-electron chi connectivity index (χ4n) is 1.57. The number of hydrogen-bond donors (Lipinski definition) is 0. The maximum atomic E-state index is 5.48. The van der Waals surface area contributed by atoms with Crippen molar-refractivity contribution < 1.29 is 9.47 Å². The molecule has 14 heavy (non-hydrogen) atoms. The molecule has 0 N–H and O–H groups in total. The summed E-state index contributed by atoms with van der Waals surface area (Å²) in [5.74, 6) is 0.973. The van der Waals surface area contributed by atoms with Gasteiger partial charge in [-0.1, -0.05) is 6.07 Å². The predicted octanol–water partition coefficient (Wildman–Crippen LogP) is 2.64. The van der Waals surface area contributed by atoms with Gasteiger partial charge in [0, 0.05) is 0 Å². The number of rotatable bonds is 3. The highest BCUT2D eigenvalue weighted by Gasteiger charge is 2.41. The molecule has 1 saturated heterocycles. The Labute approximate surface area is 84.8 Å². The molecule has 0 bridgehead atoms. The van der Waals surface area contributed by atoms with Crippen molar-refractivity contribution in [1.82, 2.24) is 0 Å². The summed E-state index contributed by atoms with van der Waals surface area (Å²) in [5, 5.41) is 0. The van der Waals surface area contributed by atoms with Crippen LogP contribution in [0.25, 0.3) is 0 Å². The minimum Gasteiger partial charge on any atom is -0.494 e. The van der Waals surface area contributed by atoms with Crippen LogP contribution >= 0.6 is 0 Å². The topological polar surface area (TPSA) is 21.8 Å². The van der Waals surface area contributed by atoms with E-state index < -0.39 is 0 Å². The zero-order valence-electron chi connectivity index (χ0n) is 8.96. The van der Waals surface area contributed by atoms with Gasteiger partial charge in [-0.15, -0.1) is 0 Å². The Morgan fingerprint density at radius 3 is 2.71 bits per heavy atom. The highest BCUT2D eigenvalue weighted by molar-refractivity contribution is 5.39. The predicted molar refractivity (Wildman–Crippen MR) is 55.7 cm³/mol. The van der Waals surface area contributed by atoms with Crippen molar-refractivity contribution in [3.63, 3.8) is 0 Å². The summed E-state index contributed by atoms with van der Waals surface area (Å²) in [6, 6.07) is 6.27. The summed E-state index contributed by atoms with van der Waals surface area (Å²) in [6.45, 7) is 7.73. The van der Waals surface area contributed by atoms with Gasteiger partial charge in [0.1, 0.15) is 11.4 Å². The summed E-state index contributed by atoms with van der Waals surface area (Å²) in [6.07, 6.45) is 0. The summed E-state index contributed by atoms with van der Waals surface area (Å²) in [4.78, 5) is 0. The fraction of sp³-hybridized carbons (Fsp3) is 0.500.